The second-order valence-electron chi connectivity index (χ2n) is 14.5. The van der Waals surface area contributed by atoms with Gasteiger partial charge in [-0.25, -0.2) is 4.57 Å². The molecule has 9 aromatic rings. The summed E-state index contributed by atoms with van der Waals surface area (Å²) in [6.07, 6.45) is 4.73. The van der Waals surface area contributed by atoms with Crippen molar-refractivity contribution in [3.8, 4) is 22.5 Å². The van der Waals surface area contributed by atoms with Crippen LogP contribution in [0.1, 0.15) is 16.7 Å². The van der Waals surface area contributed by atoms with Crippen LogP contribution in [0.25, 0.3) is 71.9 Å². The zero-order valence-corrected chi connectivity index (χ0v) is 27.8. The van der Waals surface area contributed by atoms with Crippen LogP contribution in [0.2, 0.25) is 0 Å². The first-order valence-electron chi connectivity index (χ1n) is 17.8. The summed E-state index contributed by atoms with van der Waals surface area (Å²) in [5.41, 5.74) is 16.0. The van der Waals surface area contributed by atoms with Crippen LogP contribution in [0, 0.1) is 0 Å². The summed E-state index contributed by atoms with van der Waals surface area (Å²) in [5.74, 6) is 0. The van der Waals surface area contributed by atoms with E-state index in [4.69, 9.17) is 0 Å². The maximum absolute atomic E-state index is 2.64. The molecule has 2 atom stereocenters. The van der Waals surface area contributed by atoms with Crippen LogP contribution in [-0.4, -0.2) is 27.2 Å². The van der Waals surface area contributed by atoms with E-state index in [-0.39, 0.29) is 6.17 Å². The van der Waals surface area contributed by atoms with Gasteiger partial charge in [0.1, 0.15) is 11.2 Å². The van der Waals surface area contributed by atoms with Crippen molar-refractivity contribution in [2.75, 3.05) is 11.9 Å². The van der Waals surface area contributed by atoms with E-state index in [1.165, 1.54) is 94.3 Å². The lowest BCUT2D eigenvalue weighted by Gasteiger charge is -2.44. The molecule has 2 unspecified atom stereocenters. The summed E-state index contributed by atoms with van der Waals surface area (Å²) in [6.45, 7) is 0. The number of aromatic nitrogens is 3. The van der Waals surface area contributed by atoms with Gasteiger partial charge in [0.2, 0.25) is 5.54 Å². The van der Waals surface area contributed by atoms with Crippen molar-refractivity contribution in [1.29, 1.82) is 0 Å². The standard InChI is InChI=1S/C46H30N5/c1-47-40(30-22-20-29(21-23-30)28-11-3-2-4-12-28)27-48-37-25-24-33-31-13-5-7-16-35(31)50-38-18-9-19-39-41(38)46(45(47)48,42(37)43(33)50)49-26-10-15-34-32-14-6-8-17-36(32)51(39)44(34)49/h2-27,45H,1H3/q+1. The van der Waals surface area contributed by atoms with E-state index in [0.717, 1.165) is 0 Å². The maximum atomic E-state index is 2.64. The molecule has 0 amide bonds. The molecule has 0 N–H and O–H groups in total. The van der Waals surface area contributed by atoms with E-state index in [0.29, 0.717) is 0 Å². The van der Waals surface area contributed by atoms with Crippen LogP contribution < -0.4 is 9.47 Å². The van der Waals surface area contributed by atoms with E-state index >= 15 is 0 Å². The Morgan fingerprint density at radius 2 is 1.16 bits per heavy atom. The second kappa shape index (κ2) is 8.76. The Hall–Kier alpha value is -6.59. The normalized spacial score (nSPS) is 19.0. The van der Waals surface area contributed by atoms with Crippen molar-refractivity contribution in [1.82, 2.24) is 14.0 Å². The van der Waals surface area contributed by atoms with Gasteiger partial charge in [-0.3, -0.25) is 0 Å². The van der Waals surface area contributed by atoms with Crippen LogP contribution in [0.15, 0.2) is 158 Å². The zero-order valence-electron chi connectivity index (χ0n) is 27.8. The molecule has 6 aromatic carbocycles. The average molecular weight is 653 g/mol. The molecule has 3 aromatic heterocycles. The molecule has 7 heterocycles. The monoisotopic (exact) mass is 652 g/mol. The maximum Gasteiger partial charge on any atom is 0.296 e. The van der Waals surface area contributed by atoms with Crippen molar-refractivity contribution in [3.05, 3.63) is 175 Å². The summed E-state index contributed by atoms with van der Waals surface area (Å²) >= 11 is 0. The molecule has 238 valence electrons. The molecule has 5 heteroatoms. The topological polar surface area (TPSA) is 20.2 Å². The lowest BCUT2D eigenvalue weighted by molar-refractivity contribution is -0.727. The highest BCUT2D eigenvalue weighted by atomic mass is 15.5. The largest absolute Gasteiger partial charge is 0.348 e. The molecule has 0 saturated carbocycles. The fourth-order valence-electron chi connectivity index (χ4n) is 10.4. The van der Waals surface area contributed by atoms with E-state index in [1.807, 2.05) is 0 Å². The van der Waals surface area contributed by atoms with E-state index in [1.54, 1.807) is 0 Å². The summed E-state index contributed by atoms with van der Waals surface area (Å²) < 4.78 is 7.73. The van der Waals surface area contributed by atoms with Gasteiger partial charge in [-0.2, -0.15) is 4.57 Å². The number of anilines is 1. The van der Waals surface area contributed by atoms with Gasteiger partial charge in [0.15, 0.2) is 6.17 Å². The number of rotatable bonds is 2. The molecule has 0 fully saturated rings. The first kappa shape index (κ1) is 26.3. The predicted octanol–water partition coefficient (Wildman–Crippen LogP) is 9.34. The molecule has 51 heavy (non-hydrogen) atoms. The van der Waals surface area contributed by atoms with Crippen LogP contribution in [0.5, 0.6) is 0 Å². The minimum atomic E-state index is -0.536. The molecular weight excluding hydrogens is 623 g/mol. The van der Waals surface area contributed by atoms with Gasteiger partial charge in [0, 0.05) is 29.4 Å². The van der Waals surface area contributed by atoms with E-state index in [2.05, 4.69) is 189 Å². The predicted molar refractivity (Wildman–Crippen MR) is 205 cm³/mol. The van der Waals surface area contributed by atoms with Crippen molar-refractivity contribution in [2.45, 2.75) is 11.7 Å². The van der Waals surface area contributed by atoms with Crippen molar-refractivity contribution < 1.29 is 4.57 Å². The fraction of sp³-hybridized carbons (Fsp3) is 0.0652. The summed E-state index contributed by atoms with van der Waals surface area (Å²) in [4.78, 5) is 5.12. The van der Waals surface area contributed by atoms with Crippen LogP contribution in [0.3, 0.4) is 0 Å². The Balaban J connectivity index is 1.17. The average Bonchev–Trinajstić information content (AvgIpc) is 3.90. The fourth-order valence-corrected chi connectivity index (χ4v) is 10.4. The van der Waals surface area contributed by atoms with Gasteiger partial charge < -0.3 is 14.4 Å². The highest BCUT2D eigenvalue weighted by Gasteiger charge is 2.67. The molecule has 4 aliphatic rings. The molecule has 5 nitrogen and oxygen atoms in total. The quantitative estimate of drug-likeness (QED) is 0.174. The van der Waals surface area contributed by atoms with E-state index in [9.17, 15) is 0 Å². The number of benzene rings is 6. The van der Waals surface area contributed by atoms with E-state index < -0.39 is 5.54 Å². The molecular formula is C46H30N5+. The summed E-state index contributed by atoms with van der Waals surface area (Å²) in [7, 11) is 2.30. The van der Waals surface area contributed by atoms with Crippen LogP contribution in [-0.2, 0) is 5.54 Å². The highest BCUT2D eigenvalue weighted by Crippen LogP contribution is 2.62. The number of hydrogen-bond donors (Lipinski definition) is 0. The SMILES string of the molecule is CN1C(c2ccc(-c3ccccc3)cc2)=CN2c3ccc4c5ccccc5n5c4c3C3(c4c-5cccc4-n4c5ccccc5c5ccc[n+]3c54)C12. The first-order chi connectivity index (χ1) is 25.2. The third-order valence-corrected chi connectivity index (χ3v) is 12.3. The van der Waals surface area contributed by atoms with Crippen LogP contribution >= 0.6 is 0 Å². The number of fused-ring (bicyclic) bond motifs is 10. The van der Waals surface area contributed by atoms with Gasteiger partial charge in [0.05, 0.1) is 50.8 Å². The number of hydrogen-bond acceptors (Lipinski definition) is 2. The number of likely N-dealkylation sites (N-methyl/N-ethyl adjacent to an activating group) is 1. The molecule has 1 spiro atoms. The van der Waals surface area contributed by atoms with Gasteiger partial charge in [-0.15, -0.1) is 0 Å². The Bertz CT molecular complexity index is 3040. The van der Waals surface area contributed by atoms with Gasteiger partial charge in [-0.1, -0.05) is 97.1 Å². The van der Waals surface area contributed by atoms with Crippen molar-refractivity contribution in [2.24, 2.45) is 0 Å². The van der Waals surface area contributed by atoms with Crippen molar-refractivity contribution >= 4 is 55.1 Å². The minimum absolute atomic E-state index is 0.0316. The molecule has 0 saturated heterocycles. The van der Waals surface area contributed by atoms with Gasteiger partial charge in [0.25, 0.3) is 5.65 Å². The molecule has 4 aliphatic heterocycles. The van der Waals surface area contributed by atoms with Gasteiger partial charge in [-0.05, 0) is 65.2 Å². The number of nitrogens with zero attached hydrogens (tertiary/aromatic N) is 5. The third-order valence-electron chi connectivity index (χ3n) is 12.3. The van der Waals surface area contributed by atoms with Gasteiger partial charge >= 0.3 is 0 Å². The molecule has 13 rings (SSSR count). The highest BCUT2D eigenvalue weighted by molar-refractivity contribution is 6.15. The summed E-state index contributed by atoms with van der Waals surface area (Å²) in [5, 5.41) is 5.17. The second-order valence-corrected chi connectivity index (χ2v) is 14.5. The lowest BCUT2D eigenvalue weighted by atomic mass is 9.75. The zero-order chi connectivity index (χ0) is 33.2. The minimum Gasteiger partial charge on any atom is -0.348 e. The summed E-state index contributed by atoms with van der Waals surface area (Å²) in [6, 6.07) is 53.9. The molecule has 0 bridgehead atoms. The number of pyridine rings is 1. The lowest BCUT2D eigenvalue weighted by Crippen LogP contribution is -2.69. The first-order valence-corrected chi connectivity index (χ1v) is 17.8. The Labute approximate surface area is 293 Å². The Morgan fingerprint density at radius 1 is 0.510 bits per heavy atom. The van der Waals surface area contributed by atoms with Crippen LogP contribution in [0.4, 0.5) is 5.69 Å². The Kier molecular flexibility index (Phi) is 4.52. The Morgan fingerprint density at radius 3 is 1.96 bits per heavy atom. The van der Waals surface area contributed by atoms with Crippen molar-refractivity contribution in [3.63, 3.8) is 0 Å². The third kappa shape index (κ3) is 2.82. The smallest absolute Gasteiger partial charge is 0.296 e. The molecule has 0 radical (unpaired) electrons. The number of para-hydroxylation sites is 2. The molecule has 0 aliphatic carbocycles.